The Bertz CT molecular complexity index is 1010. The van der Waals surface area contributed by atoms with Crippen molar-refractivity contribution in [2.45, 2.75) is 41.8 Å². The molecule has 7 heteroatoms. The maximum atomic E-state index is 13.0. The molecule has 27 heavy (non-hydrogen) atoms. The summed E-state index contributed by atoms with van der Waals surface area (Å²) in [6.45, 7) is 2.97. The lowest BCUT2D eigenvalue weighted by Gasteiger charge is -2.38. The number of fused-ring (bicyclic) bond motifs is 2. The highest BCUT2D eigenvalue weighted by molar-refractivity contribution is 14.1. The van der Waals surface area contributed by atoms with Crippen LogP contribution in [0, 0.1) is 11.8 Å². The second kappa shape index (κ2) is 5.56. The zero-order chi connectivity index (χ0) is 19.1. The molecule has 1 aromatic carbocycles. The Morgan fingerprint density at radius 2 is 2.04 bits per heavy atom. The fourth-order valence-corrected chi connectivity index (χ4v) is 7.06. The first-order valence-corrected chi connectivity index (χ1v) is 10.4. The van der Waals surface area contributed by atoms with Gasteiger partial charge in [-0.05, 0) is 24.0 Å². The van der Waals surface area contributed by atoms with Gasteiger partial charge >= 0.3 is 5.97 Å². The molecule has 1 amide bonds. The molecule has 1 aromatic heterocycles. The third kappa shape index (κ3) is 2.03. The number of carbonyl (C=O) groups is 3. The highest BCUT2D eigenvalue weighted by Crippen LogP contribution is 2.65. The van der Waals surface area contributed by atoms with Crippen molar-refractivity contribution in [2.75, 3.05) is 0 Å². The van der Waals surface area contributed by atoms with E-state index in [1.165, 1.54) is 13.8 Å². The van der Waals surface area contributed by atoms with Gasteiger partial charge in [0.25, 0.3) is 0 Å². The van der Waals surface area contributed by atoms with Crippen LogP contribution in [0.15, 0.2) is 30.5 Å². The van der Waals surface area contributed by atoms with Crippen molar-refractivity contribution in [3.8, 4) is 0 Å². The fourth-order valence-electron chi connectivity index (χ4n) is 5.71. The van der Waals surface area contributed by atoms with Gasteiger partial charge in [0.15, 0.2) is 5.54 Å². The van der Waals surface area contributed by atoms with Crippen molar-refractivity contribution in [3.63, 3.8) is 0 Å². The van der Waals surface area contributed by atoms with Crippen molar-refractivity contribution in [3.05, 3.63) is 36.0 Å². The normalized spacial score (nSPS) is 36.3. The fraction of sp³-hybridized carbons (Fsp3) is 0.450. The first kappa shape index (κ1) is 17.2. The number of nitrogens with zero attached hydrogens (tertiary/aromatic N) is 1. The standard InChI is InChI=1S/C20H19IN2O4/c1-9(24)22-20-14-7-12(17(21)18(14)27-19(20)26)16(20)13-8-23(10(2)25)15-6-4-3-5-11(13)15/h3-6,8,12,14,16-18H,7H2,1-2H3,(H,22,24)/t12-,14-,16-,17-,18-,20-/m0/s1. The molecule has 1 saturated heterocycles. The van der Waals surface area contributed by atoms with E-state index in [1.807, 2.05) is 30.5 Å². The van der Waals surface area contributed by atoms with E-state index in [0.29, 0.717) is 0 Å². The lowest BCUT2D eigenvalue weighted by atomic mass is 9.70. The number of alkyl halides is 1. The zero-order valence-corrected chi connectivity index (χ0v) is 17.1. The SMILES string of the molecule is CC(=O)N[C@@]12C(=O)O[C@@H]3[C@@H](I)[C@@H](C[C@@H]31)[C@H]2c1cn(C(C)=O)c2ccccc12. The van der Waals surface area contributed by atoms with Gasteiger partial charge in [0.2, 0.25) is 11.8 Å². The molecule has 140 valence electrons. The van der Waals surface area contributed by atoms with Crippen LogP contribution in [0.1, 0.15) is 36.5 Å². The highest BCUT2D eigenvalue weighted by atomic mass is 127. The summed E-state index contributed by atoms with van der Waals surface area (Å²) >= 11 is 2.39. The maximum absolute atomic E-state index is 13.0. The Labute approximate surface area is 169 Å². The molecule has 2 aliphatic carbocycles. The van der Waals surface area contributed by atoms with Crippen LogP contribution in [0.3, 0.4) is 0 Å². The number of esters is 1. The van der Waals surface area contributed by atoms with E-state index in [0.717, 1.165) is 22.9 Å². The lowest BCUT2D eigenvalue weighted by Crippen LogP contribution is -2.59. The molecule has 3 aliphatic rings. The van der Waals surface area contributed by atoms with Crippen LogP contribution in [0.4, 0.5) is 0 Å². The molecule has 6 atom stereocenters. The van der Waals surface area contributed by atoms with Crippen LogP contribution < -0.4 is 5.32 Å². The van der Waals surface area contributed by atoms with Gasteiger partial charge in [-0.2, -0.15) is 0 Å². The van der Waals surface area contributed by atoms with Crippen molar-refractivity contribution in [2.24, 2.45) is 11.8 Å². The van der Waals surface area contributed by atoms with E-state index in [4.69, 9.17) is 4.74 Å². The van der Waals surface area contributed by atoms with Crippen molar-refractivity contribution in [1.82, 2.24) is 9.88 Å². The molecule has 0 spiro atoms. The Morgan fingerprint density at radius 1 is 1.30 bits per heavy atom. The molecule has 2 saturated carbocycles. The molecule has 6 nitrogen and oxygen atoms in total. The number of para-hydroxylation sites is 1. The van der Waals surface area contributed by atoms with Crippen LogP contribution >= 0.6 is 22.6 Å². The summed E-state index contributed by atoms with van der Waals surface area (Å²) in [5.41, 5.74) is 0.740. The Hall–Kier alpha value is -1.90. The Kier molecular flexibility index (Phi) is 3.54. The number of benzene rings is 1. The molecule has 2 aromatic rings. The summed E-state index contributed by atoms with van der Waals surface area (Å²) in [5, 5.41) is 3.94. The third-order valence-electron chi connectivity index (χ3n) is 6.53. The van der Waals surface area contributed by atoms with Gasteiger partial charge in [-0.15, -0.1) is 0 Å². The lowest BCUT2D eigenvalue weighted by molar-refractivity contribution is -0.147. The van der Waals surface area contributed by atoms with E-state index in [9.17, 15) is 14.4 Å². The predicted octanol–water partition coefficient (Wildman–Crippen LogP) is 2.64. The van der Waals surface area contributed by atoms with Crippen molar-refractivity contribution >= 4 is 51.3 Å². The Balaban J connectivity index is 1.77. The molecule has 5 rings (SSSR count). The van der Waals surface area contributed by atoms with E-state index < -0.39 is 5.54 Å². The van der Waals surface area contributed by atoms with Gasteiger partial charge in [0, 0.05) is 37.3 Å². The summed E-state index contributed by atoms with van der Waals surface area (Å²) in [6.07, 6.45) is 2.55. The van der Waals surface area contributed by atoms with E-state index in [2.05, 4.69) is 27.9 Å². The van der Waals surface area contributed by atoms with Gasteiger partial charge < -0.3 is 10.1 Å². The molecule has 1 N–H and O–H groups in total. The number of ether oxygens (including phenoxy) is 1. The number of aromatic nitrogens is 1. The van der Waals surface area contributed by atoms with Gasteiger partial charge in [-0.25, -0.2) is 4.79 Å². The monoisotopic (exact) mass is 478 g/mol. The summed E-state index contributed by atoms with van der Waals surface area (Å²) in [7, 11) is 0. The van der Waals surface area contributed by atoms with Crippen molar-refractivity contribution < 1.29 is 19.1 Å². The van der Waals surface area contributed by atoms with E-state index in [-0.39, 0.29) is 45.6 Å². The first-order valence-electron chi connectivity index (χ1n) is 9.11. The number of nitrogens with one attached hydrogen (secondary N) is 1. The minimum Gasteiger partial charge on any atom is -0.459 e. The molecule has 0 unspecified atom stereocenters. The van der Waals surface area contributed by atoms with Crippen LogP contribution in [0.25, 0.3) is 10.9 Å². The highest BCUT2D eigenvalue weighted by Gasteiger charge is 2.75. The number of hydrogen-bond acceptors (Lipinski definition) is 4. The summed E-state index contributed by atoms with van der Waals surface area (Å²) < 4.78 is 7.58. The van der Waals surface area contributed by atoms with Crippen LogP contribution in [-0.2, 0) is 14.3 Å². The molecular weight excluding hydrogens is 459 g/mol. The minimum atomic E-state index is -1.03. The zero-order valence-electron chi connectivity index (χ0n) is 14.9. The van der Waals surface area contributed by atoms with E-state index in [1.54, 1.807) is 4.57 Å². The van der Waals surface area contributed by atoms with Crippen molar-refractivity contribution in [1.29, 1.82) is 0 Å². The predicted molar refractivity (Wildman–Crippen MR) is 107 cm³/mol. The number of halogens is 1. The minimum absolute atomic E-state index is 0.0229. The average Bonchev–Trinajstić information content (AvgIpc) is 3.28. The molecule has 0 radical (unpaired) electrons. The van der Waals surface area contributed by atoms with Gasteiger partial charge in [-0.3, -0.25) is 14.2 Å². The number of amides is 1. The molecule has 2 heterocycles. The second-order valence-electron chi connectivity index (χ2n) is 7.84. The molecule has 2 bridgehead atoms. The topological polar surface area (TPSA) is 77.4 Å². The van der Waals surface area contributed by atoms with Crippen LogP contribution in [0.2, 0.25) is 0 Å². The third-order valence-corrected chi connectivity index (χ3v) is 8.16. The van der Waals surface area contributed by atoms with Gasteiger partial charge in [0.1, 0.15) is 6.10 Å². The largest absolute Gasteiger partial charge is 0.459 e. The first-order chi connectivity index (χ1) is 12.9. The summed E-state index contributed by atoms with van der Waals surface area (Å²) in [4.78, 5) is 37.3. The van der Waals surface area contributed by atoms with Crippen LogP contribution in [-0.4, -0.2) is 37.9 Å². The number of hydrogen-bond donors (Lipinski definition) is 1. The van der Waals surface area contributed by atoms with Gasteiger partial charge in [0.05, 0.1) is 9.44 Å². The molecule has 3 fully saturated rings. The molecule has 1 aliphatic heterocycles. The van der Waals surface area contributed by atoms with Crippen LogP contribution in [0.5, 0.6) is 0 Å². The second-order valence-corrected chi connectivity index (χ2v) is 9.28. The van der Waals surface area contributed by atoms with Gasteiger partial charge in [-0.1, -0.05) is 40.8 Å². The Morgan fingerprint density at radius 3 is 2.74 bits per heavy atom. The average molecular weight is 478 g/mol. The summed E-state index contributed by atoms with van der Waals surface area (Å²) in [6, 6.07) is 7.73. The number of rotatable bonds is 2. The quantitative estimate of drug-likeness (QED) is 0.409. The molecular formula is C20H19IN2O4. The number of carbonyl (C=O) groups excluding carboxylic acids is 3. The summed E-state index contributed by atoms with van der Waals surface area (Å²) in [5.74, 6) is -0.656. The maximum Gasteiger partial charge on any atom is 0.333 e. The van der Waals surface area contributed by atoms with E-state index >= 15 is 0 Å². The smallest absolute Gasteiger partial charge is 0.333 e.